The van der Waals surface area contributed by atoms with Crippen molar-refractivity contribution in [3.8, 4) is 0 Å². The molecule has 19 heavy (non-hydrogen) atoms. The normalized spacial score (nSPS) is 50.2. The van der Waals surface area contributed by atoms with Gasteiger partial charge in [0.15, 0.2) is 0 Å². The second-order valence-electron chi connectivity index (χ2n) is 7.90. The second-order valence-corrected chi connectivity index (χ2v) is 7.90. The van der Waals surface area contributed by atoms with Crippen LogP contribution in [-0.2, 0) is 4.79 Å². The van der Waals surface area contributed by atoms with E-state index < -0.39 is 0 Å². The average Bonchev–Trinajstić information content (AvgIpc) is 2.35. The Morgan fingerprint density at radius 3 is 2.63 bits per heavy atom. The molecule has 1 nitrogen and oxygen atoms in total. The van der Waals surface area contributed by atoms with E-state index in [1.165, 1.54) is 25.7 Å². The lowest BCUT2D eigenvalue weighted by Gasteiger charge is -2.59. The number of carbonyl (C=O) groups is 1. The molecular formula is C18H28O. The Bertz CT molecular complexity index is 435. The molecule has 0 N–H and O–H groups in total. The first-order chi connectivity index (χ1) is 8.89. The summed E-state index contributed by atoms with van der Waals surface area (Å²) < 4.78 is 0. The van der Waals surface area contributed by atoms with Crippen LogP contribution < -0.4 is 0 Å². The van der Waals surface area contributed by atoms with Gasteiger partial charge in [-0.2, -0.15) is 0 Å². The summed E-state index contributed by atoms with van der Waals surface area (Å²) in [4.78, 5) is 12.8. The van der Waals surface area contributed by atoms with E-state index in [0.29, 0.717) is 23.0 Å². The van der Waals surface area contributed by atoms with Crippen LogP contribution >= 0.6 is 0 Å². The van der Waals surface area contributed by atoms with E-state index in [2.05, 4.69) is 33.8 Å². The van der Waals surface area contributed by atoms with Gasteiger partial charge in [-0.3, -0.25) is 4.79 Å². The van der Waals surface area contributed by atoms with Crippen molar-refractivity contribution in [3.63, 3.8) is 0 Å². The van der Waals surface area contributed by atoms with Crippen LogP contribution in [0, 0.1) is 28.6 Å². The molecule has 1 heteroatoms. The number of rotatable bonds is 0. The van der Waals surface area contributed by atoms with Gasteiger partial charge >= 0.3 is 0 Å². The van der Waals surface area contributed by atoms with Crippen LogP contribution in [0.15, 0.2) is 11.6 Å². The van der Waals surface area contributed by atoms with Gasteiger partial charge in [-0.1, -0.05) is 32.4 Å². The number of ketones is 1. The minimum atomic E-state index is -0.0272. The van der Waals surface area contributed by atoms with Crippen molar-refractivity contribution in [2.24, 2.45) is 28.6 Å². The van der Waals surface area contributed by atoms with Crippen LogP contribution in [0.2, 0.25) is 0 Å². The molecule has 0 heterocycles. The summed E-state index contributed by atoms with van der Waals surface area (Å²) in [5.74, 6) is 2.21. The molecule has 0 aromatic rings. The molecule has 106 valence electrons. The summed E-state index contributed by atoms with van der Waals surface area (Å²) in [5, 5.41) is 0. The Morgan fingerprint density at radius 2 is 1.89 bits per heavy atom. The molecule has 0 aromatic heterocycles. The quantitative estimate of drug-likeness (QED) is 0.574. The highest BCUT2D eigenvalue weighted by molar-refractivity contribution is 5.87. The zero-order valence-corrected chi connectivity index (χ0v) is 13.0. The van der Waals surface area contributed by atoms with Crippen LogP contribution in [-0.4, -0.2) is 5.78 Å². The minimum absolute atomic E-state index is 0.0272. The van der Waals surface area contributed by atoms with Crippen molar-refractivity contribution >= 4 is 5.78 Å². The lowest BCUT2D eigenvalue weighted by molar-refractivity contribution is -0.154. The van der Waals surface area contributed by atoms with Gasteiger partial charge in [-0.15, -0.1) is 0 Å². The fourth-order valence-electron chi connectivity index (χ4n) is 5.82. The molecule has 0 aromatic carbocycles. The molecule has 0 saturated heterocycles. The molecule has 0 radical (unpaired) electrons. The van der Waals surface area contributed by atoms with Crippen molar-refractivity contribution in [1.82, 2.24) is 0 Å². The zero-order valence-electron chi connectivity index (χ0n) is 13.0. The zero-order chi connectivity index (χ0) is 13.8. The van der Waals surface area contributed by atoms with Gasteiger partial charge in [0.2, 0.25) is 0 Å². The molecule has 0 unspecified atom stereocenters. The van der Waals surface area contributed by atoms with Gasteiger partial charge in [0, 0.05) is 11.3 Å². The highest BCUT2D eigenvalue weighted by Crippen LogP contribution is 2.63. The Hall–Kier alpha value is -0.590. The monoisotopic (exact) mass is 260 g/mol. The summed E-state index contributed by atoms with van der Waals surface area (Å²) >= 11 is 0. The van der Waals surface area contributed by atoms with Crippen molar-refractivity contribution in [2.45, 2.75) is 66.2 Å². The fraction of sp³-hybridized carbons (Fsp3) is 0.833. The van der Waals surface area contributed by atoms with Gasteiger partial charge in [0.05, 0.1) is 0 Å². The molecule has 0 spiro atoms. The van der Waals surface area contributed by atoms with Crippen molar-refractivity contribution in [3.05, 3.63) is 11.6 Å². The van der Waals surface area contributed by atoms with Crippen LogP contribution in [0.4, 0.5) is 0 Å². The third-order valence-electron chi connectivity index (χ3n) is 6.91. The number of fused-ring (bicyclic) bond motifs is 3. The lowest BCUT2D eigenvalue weighted by atomic mass is 9.44. The Balaban J connectivity index is 2.01. The van der Waals surface area contributed by atoms with Crippen LogP contribution in [0.3, 0.4) is 0 Å². The molecule has 0 bridgehead atoms. The van der Waals surface area contributed by atoms with Gasteiger partial charge in [0.1, 0.15) is 5.78 Å². The number of hydrogen-bond donors (Lipinski definition) is 0. The smallest absolute Gasteiger partial charge is 0.141 e. The Labute approximate surface area is 117 Å². The third kappa shape index (κ3) is 1.69. The summed E-state index contributed by atoms with van der Waals surface area (Å²) in [5.41, 5.74) is 1.95. The van der Waals surface area contributed by atoms with E-state index in [4.69, 9.17) is 0 Å². The number of hydrogen-bond acceptors (Lipinski definition) is 1. The number of Topliss-reactive ketones (excluding diaryl/α,β-unsaturated/α-hetero) is 1. The molecular weight excluding hydrogens is 232 g/mol. The van der Waals surface area contributed by atoms with E-state index in [1.807, 2.05) is 0 Å². The topological polar surface area (TPSA) is 17.1 Å². The highest BCUT2D eigenvalue weighted by atomic mass is 16.1. The Morgan fingerprint density at radius 1 is 1.16 bits per heavy atom. The van der Waals surface area contributed by atoms with Gasteiger partial charge in [0.25, 0.3) is 0 Å². The fourth-order valence-corrected chi connectivity index (χ4v) is 5.82. The van der Waals surface area contributed by atoms with E-state index in [0.717, 1.165) is 18.8 Å². The molecule has 5 atom stereocenters. The first-order valence-electron chi connectivity index (χ1n) is 8.10. The van der Waals surface area contributed by atoms with Gasteiger partial charge < -0.3 is 0 Å². The van der Waals surface area contributed by atoms with Crippen LogP contribution in [0.1, 0.15) is 66.2 Å². The van der Waals surface area contributed by atoms with E-state index in [9.17, 15) is 4.79 Å². The molecule has 3 aliphatic carbocycles. The van der Waals surface area contributed by atoms with E-state index in [-0.39, 0.29) is 5.41 Å². The summed E-state index contributed by atoms with van der Waals surface area (Å²) in [6.45, 7) is 9.23. The van der Waals surface area contributed by atoms with Crippen LogP contribution in [0.5, 0.6) is 0 Å². The molecule has 3 aliphatic rings. The maximum Gasteiger partial charge on any atom is 0.141 e. The Kier molecular flexibility index (Phi) is 2.96. The van der Waals surface area contributed by atoms with Crippen molar-refractivity contribution in [1.29, 1.82) is 0 Å². The largest absolute Gasteiger partial charge is 0.299 e. The first-order valence-corrected chi connectivity index (χ1v) is 8.10. The van der Waals surface area contributed by atoms with Gasteiger partial charge in [-0.05, 0) is 62.7 Å². The molecule has 2 fully saturated rings. The SMILES string of the molecule is CC1=CCC[C@]2(C)[C@H]3CC[C@H](C)C(=O)[C@]3(C)CC[C@@H]12. The molecule has 0 amide bonds. The molecule has 2 saturated carbocycles. The second kappa shape index (κ2) is 4.20. The summed E-state index contributed by atoms with van der Waals surface area (Å²) in [6, 6.07) is 0. The maximum atomic E-state index is 12.8. The van der Waals surface area contributed by atoms with E-state index >= 15 is 0 Å². The minimum Gasteiger partial charge on any atom is -0.299 e. The standard InChI is InChI=1S/C18H28O/c1-12-6-5-10-17(3)14(12)9-11-18(4)15(17)8-7-13(2)16(18)19/h6,13-15H,5,7-11H2,1-4H3/t13-,14-,15+,17-,18+/m0/s1. The predicted octanol–water partition coefficient (Wildman–Crippen LogP) is 4.76. The highest BCUT2D eigenvalue weighted by Gasteiger charge is 2.58. The van der Waals surface area contributed by atoms with E-state index in [1.54, 1.807) is 5.57 Å². The third-order valence-corrected chi connectivity index (χ3v) is 6.91. The molecule has 0 aliphatic heterocycles. The summed E-state index contributed by atoms with van der Waals surface area (Å²) in [7, 11) is 0. The van der Waals surface area contributed by atoms with Crippen molar-refractivity contribution < 1.29 is 4.79 Å². The average molecular weight is 260 g/mol. The lowest BCUT2D eigenvalue weighted by Crippen LogP contribution is -2.56. The molecule has 3 rings (SSSR count). The number of carbonyl (C=O) groups excluding carboxylic acids is 1. The maximum absolute atomic E-state index is 12.8. The number of allylic oxidation sites excluding steroid dienone is 2. The van der Waals surface area contributed by atoms with Crippen LogP contribution in [0.25, 0.3) is 0 Å². The summed E-state index contributed by atoms with van der Waals surface area (Å²) in [6.07, 6.45) is 9.68. The predicted molar refractivity (Wildman–Crippen MR) is 78.8 cm³/mol. The van der Waals surface area contributed by atoms with Gasteiger partial charge in [-0.25, -0.2) is 0 Å². The van der Waals surface area contributed by atoms with Crippen molar-refractivity contribution in [2.75, 3.05) is 0 Å². The first kappa shape index (κ1) is 13.4.